The van der Waals surface area contributed by atoms with Crippen LogP contribution in [-0.2, 0) is 4.74 Å². The van der Waals surface area contributed by atoms with E-state index in [0.29, 0.717) is 21.0 Å². The number of rotatable bonds is 3. The van der Waals surface area contributed by atoms with Gasteiger partial charge in [-0.2, -0.15) is 0 Å². The van der Waals surface area contributed by atoms with E-state index in [-0.39, 0.29) is 18.0 Å². The number of halogens is 3. The molecule has 0 aromatic heterocycles. The van der Waals surface area contributed by atoms with Crippen molar-refractivity contribution in [3.63, 3.8) is 0 Å². The van der Waals surface area contributed by atoms with E-state index < -0.39 is 0 Å². The maximum atomic E-state index is 14.1. The second-order valence-electron chi connectivity index (χ2n) is 4.66. The third kappa shape index (κ3) is 2.72. The molecule has 0 spiro atoms. The van der Waals surface area contributed by atoms with Crippen LogP contribution in [0.3, 0.4) is 0 Å². The van der Waals surface area contributed by atoms with Crippen LogP contribution in [0.5, 0.6) is 0 Å². The van der Waals surface area contributed by atoms with E-state index in [1.54, 1.807) is 6.07 Å². The lowest BCUT2D eigenvalue weighted by Gasteiger charge is -2.26. The molecule has 1 saturated heterocycles. The molecule has 1 aromatic carbocycles. The van der Waals surface area contributed by atoms with Crippen LogP contribution in [0.25, 0.3) is 0 Å². The zero-order valence-corrected chi connectivity index (χ0v) is 12.7. The Kier molecular flexibility index (Phi) is 4.64. The van der Waals surface area contributed by atoms with E-state index in [1.807, 2.05) is 7.05 Å². The van der Waals surface area contributed by atoms with Gasteiger partial charge in [-0.15, -0.1) is 0 Å². The third-order valence-corrected chi connectivity index (χ3v) is 4.66. The standard InChI is InChI=1S/C13H16BrClFNO/c1-7-3-4-18-13(7)12(17-2)8-5-10(15)9(14)6-11(8)16/h5-7,12-13,17H,3-4H2,1-2H3. The molecule has 1 aliphatic rings. The number of benzene rings is 1. The van der Waals surface area contributed by atoms with Crippen LogP contribution in [0, 0.1) is 11.7 Å². The molecule has 0 radical (unpaired) electrons. The highest BCUT2D eigenvalue weighted by Gasteiger charge is 2.33. The molecule has 0 aliphatic carbocycles. The molecule has 2 rings (SSSR count). The molecule has 2 nitrogen and oxygen atoms in total. The molecule has 1 aliphatic heterocycles. The van der Waals surface area contributed by atoms with Gasteiger partial charge in [0.15, 0.2) is 0 Å². The van der Waals surface area contributed by atoms with Gasteiger partial charge in [-0.05, 0) is 47.4 Å². The highest BCUT2D eigenvalue weighted by atomic mass is 79.9. The third-order valence-electron chi connectivity index (χ3n) is 3.46. The maximum absolute atomic E-state index is 14.1. The van der Waals surface area contributed by atoms with E-state index in [2.05, 4.69) is 28.2 Å². The van der Waals surface area contributed by atoms with Crippen LogP contribution in [-0.4, -0.2) is 19.8 Å². The van der Waals surface area contributed by atoms with Gasteiger partial charge in [0, 0.05) is 16.6 Å². The highest BCUT2D eigenvalue weighted by Crippen LogP contribution is 2.35. The van der Waals surface area contributed by atoms with Gasteiger partial charge in [0.2, 0.25) is 0 Å². The Bertz CT molecular complexity index is 443. The van der Waals surface area contributed by atoms with E-state index in [0.717, 1.165) is 13.0 Å². The van der Waals surface area contributed by atoms with Gasteiger partial charge >= 0.3 is 0 Å². The molecule has 5 heteroatoms. The minimum absolute atomic E-state index is 0.0123. The monoisotopic (exact) mass is 335 g/mol. The predicted octanol–water partition coefficient (Wildman–Crippen LogP) is 3.93. The first kappa shape index (κ1) is 14.3. The van der Waals surface area contributed by atoms with Crippen molar-refractivity contribution in [1.82, 2.24) is 5.32 Å². The van der Waals surface area contributed by atoms with Gasteiger partial charge in [0.05, 0.1) is 17.2 Å². The summed E-state index contributed by atoms with van der Waals surface area (Å²) in [5, 5.41) is 3.65. The summed E-state index contributed by atoms with van der Waals surface area (Å²) in [7, 11) is 1.81. The van der Waals surface area contributed by atoms with Gasteiger partial charge in [-0.1, -0.05) is 18.5 Å². The Morgan fingerprint density at radius 2 is 2.28 bits per heavy atom. The Balaban J connectivity index is 2.35. The summed E-state index contributed by atoms with van der Waals surface area (Å²) >= 11 is 9.27. The first-order valence-electron chi connectivity index (χ1n) is 5.98. The summed E-state index contributed by atoms with van der Waals surface area (Å²) in [6.45, 7) is 2.86. The van der Waals surface area contributed by atoms with E-state index in [1.165, 1.54) is 6.07 Å². The molecule has 18 heavy (non-hydrogen) atoms. The van der Waals surface area contributed by atoms with E-state index in [4.69, 9.17) is 16.3 Å². The average molecular weight is 337 g/mol. The Labute approximate surface area is 120 Å². The van der Waals surface area contributed by atoms with Gasteiger partial charge in [0.1, 0.15) is 5.82 Å². The minimum atomic E-state index is -0.270. The second kappa shape index (κ2) is 5.87. The van der Waals surface area contributed by atoms with Crippen LogP contribution in [0.4, 0.5) is 4.39 Å². The van der Waals surface area contributed by atoms with E-state index >= 15 is 0 Å². The van der Waals surface area contributed by atoms with Gasteiger partial charge in [-0.25, -0.2) is 4.39 Å². The quantitative estimate of drug-likeness (QED) is 0.845. The Morgan fingerprint density at radius 3 is 2.83 bits per heavy atom. The van der Waals surface area contributed by atoms with E-state index in [9.17, 15) is 4.39 Å². The first-order valence-corrected chi connectivity index (χ1v) is 7.15. The summed E-state index contributed by atoms with van der Waals surface area (Å²) in [6, 6.07) is 2.89. The number of hydrogen-bond acceptors (Lipinski definition) is 2. The number of hydrogen-bond donors (Lipinski definition) is 1. The van der Waals surface area contributed by atoms with Crippen LogP contribution < -0.4 is 5.32 Å². The summed E-state index contributed by atoms with van der Waals surface area (Å²) in [4.78, 5) is 0. The van der Waals surface area contributed by atoms with Crippen molar-refractivity contribution in [2.24, 2.45) is 5.92 Å². The van der Waals surface area contributed by atoms with Crippen molar-refractivity contribution in [3.8, 4) is 0 Å². The molecule has 1 aromatic rings. The van der Waals surface area contributed by atoms with Crippen LogP contribution >= 0.6 is 27.5 Å². The lowest BCUT2D eigenvalue weighted by atomic mass is 9.92. The number of nitrogens with one attached hydrogen (secondary N) is 1. The zero-order valence-electron chi connectivity index (χ0n) is 10.3. The van der Waals surface area contributed by atoms with Gasteiger partial charge in [-0.3, -0.25) is 0 Å². The largest absolute Gasteiger partial charge is 0.376 e. The van der Waals surface area contributed by atoms with Crippen LogP contribution in [0.2, 0.25) is 5.02 Å². The summed E-state index contributed by atoms with van der Waals surface area (Å²) in [5.74, 6) is 0.137. The van der Waals surface area contributed by atoms with Crippen LogP contribution in [0.1, 0.15) is 24.9 Å². The lowest BCUT2D eigenvalue weighted by molar-refractivity contribution is 0.0620. The van der Waals surface area contributed by atoms with Crippen molar-refractivity contribution in [1.29, 1.82) is 0 Å². The fourth-order valence-corrected chi connectivity index (χ4v) is 2.90. The first-order chi connectivity index (χ1) is 8.54. The van der Waals surface area contributed by atoms with Crippen molar-refractivity contribution in [2.75, 3.05) is 13.7 Å². The molecule has 0 saturated carbocycles. The smallest absolute Gasteiger partial charge is 0.129 e. The summed E-state index contributed by atoms with van der Waals surface area (Å²) < 4.78 is 20.3. The molecule has 1 fully saturated rings. The predicted molar refractivity (Wildman–Crippen MR) is 74.4 cm³/mol. The molecular weight excluding hydrogens is 321 g/mol. The fraction of sp³-hybridized carbons (Fsp3) is 0.538. The summed E-state index contributed by atoms with van der Waals surface area (Å²) in [6.07, 6.45) is 0.996. The lowest BCUT2D eigenvalue weighted by Crippen LogP contribution is -2.33. The number of ether oxygens (including phenoxy) is 1. The molecule has 1 N–H and O–H groups in total. The highest BCUT2D eigenvalue weighted by molar-refractivity contribution is 9.10. The topological polar surface area (TPSA) is 21.3 Å². The molecule has 3 unspecified atom stereocenters. The molecule has 0 amide bonds. The van der Waals surface area contributed by atoms with Gasteiger partial charge in [0.25, 0.3) is 0 Å². The minimum Gasteiger partial charge on any atom is -0.376 e. The second-order valence-corrected chi connectivity index (χ2v) is 5.92. The molecule has 1 heterocycles. The van der Waals surface area contributed by atoms with Crippen molar-refractivity contribution < 1.29 is 9.13 Å². The average Bonchev–Trinajstić information content (AvgIpc) is 2.73. The fourth-order valence-electron chi connectivity index (χ4n) is 2.42. The molecule has 0 bridgehead atoms. The van der Waals surface area contributed by atoms with Crippen molar-refractivity contribution in [2.45, 2.75) is 25.5 Å². The van der Waals surface area contributed by atoms with Crippen molar-refractivity contribution in [3.05, 3.63) is 33.0 Å². The van der Waals surface area contributed by atoms with Crippen LogP contribution in [0.15, 0.2) is 16.6 Å². The SMILES string of the molecule is CNC(c1cc(Cl)c(Br)cc1F)C1OCCC1C. The van der Waals surface area contributed by atoms with Crippen molar-refractivity contribution >= 4 is 27.5 Å². The normalized spacial score (nSPS) is 25.4. The maximum Gasteiger partial charge on any atom is 0.129 e. The Morgan fingerprint density at radius 1 is 1.56 bits per heavy atom. The molecule has 100 valence electrons. The van der Waals surface area contributed by atoms with Gasteiger partial charge < -0.3 is 10.1 Å². The zero-order chi connectivity index (χ0) is 13.3. The summed E-state index contributed by atoms with van der Waals surface area (Å²) in [5.41, 5.74) is 0.560. The Hall–Kier alpha value is -0.160. The molecule has 3 atom stereocenters. The number of likely N-dealkylation sites (N-methyl/N-ethyl adjacent to an activating group) is 1. The molecular formula is C13H16BrClFNO.